The minimum absolute atomic E-state index is 0. The summed E-state index contributed by atoms with van der Waals surface area (Å²) < 4.78 is 2.20. The summed E-state index contributed by atoms with van der Waals surface area (Å²) >= 11 is 0. The fraction of sp³-hybridized carbons (Fsp3) is 0.286. The number of hydrogen-bond acceptors (Lipinski definition) is 1. The molecule has 0 unspecified atom stereocenters. The first-order chi connectivity index (χ1) is 10.9. The first-order valence-electron chi connectivity index (χ1n) is 8.00. The molecule has 3 rings (SSSR count). The molecule has 3 aromatic rings. The van der Waals surface area contributed by atoms with E-state index in [1.165, 1.54) is 22.4 Å². The van der Waals surface area contributed by atoms with E-state index in [1.807, 2.05) is 30.6 Å². The third kappa shape index (κ3) is 3.53. The summed E-state index contributed by atoms with van der Waals surface area (Å²) in [4.78, 5) is 4.58. The number of aromatic nitrogens is 2. The largest absolute Gasteiger partial charge is 0.340 e. The molecule has 0 saturated heterocycles. The summed E-state index contributed by atoms with van der Waals surface area (Å²) in [6, 6.07) is 15.8. The van der Waals surface area contributed by atoms with Gasteiger partial charge in [0.05, 0.1) is 5.82 Å². The van der Waals surface area contributed by atoms with Gasteiger partial charge in [0.15, 0.2) is 0 Å². The zero-order valence-electron chi connectivity index (χ0n) is 14.8. The van der Waals surface area contributed by atoms with Gasteiger partial charge in [0.25, 0.3) is 0 Å². The Bertz CT molecular complexity index is 827. The third-order valence-electron chi connectivity index (χ3n) is 4.08. The molecule has 3 heteroatoms. The SMILES string of the molecule is Cc1cc(C)c(-n2ccnc2-c2[c-]cccc2)c(C(C)(C)C)c1.[Ir]. The number of nitrogens with zero attached hydrogens (tertiary/aromatic N) is 2. The van der Waals surface area contributed by atoms with Gasteiger partial charge in [0.1, 0.15) is 0 Å². The maximum Gasteiger partial charge on any atom is 0.0602 e. The predicted molar refractivity (Wildman–Crippen MR) is 96.0 cm³/mol. The summed E-state index contributed by atoms with van der Waals surface area (Å²) in [5, 5.41) is 0. The Balaban J connectivity index is 0.00000208. The summed E-state index contributed by atoms with van der Waals surface area (Å²) in [6.45, 7) is 11.1. The van der Waals surface area contributed by atoms with Crippen molar-refractivity contribution in [3.63, 3.8) is 0 Å². The summed E-state index contributed by atoms with van der Waals surface area (Å²) in [7, 11) is 0. The van der Waals surface area contributed by atoms with Crippen molar-refractivity contribution in [1.29, 1.82) is 0 Å². The average Bonchev–Trinajstić information content (AvgIpc) is 2.95. The Hall–Kier alpha value is -1.70. The van der Waals surface area contributed by atoms with Crippen LogP contribution in [0.2, 0.25) is 0 Å². The molecule has 1 heterocycles. The summed E-state index contributed by atoms with van der Waals surface area (Å²) in [5.41, 5.74) is 6.21. The van der Waals surface area contributed by atoms with Gasteiger partial charge in [0.2, 0.25) is 0 Å². The van der Waals surface area contributed by atoms with E-state index in [2.05, 4.69) is 68.4 Å². The molecular formula is C21H23IrN2-. The number of rotatable bonds is 2. The standard InChI is InChI=1S/C21H23N2.Ir/c1-15-13-16(2)19(18(14-15)21(3,4)5)23-12-11-22-20(23)17-9-7-6-8-10-17;/h6-9,11-14H,1-5H3;/q-1;. The van der Waals surface area contributed by atoms with E-state index in [0.29, 0.717) is 0 Å². The van der Waals surface area contributed by atoms with E-state index in [-0.39, 0.29) is 25.5 Å². The third-order valence-corrected chi connectivity index (χ3v) is 4.08. The van der Waals surface area contributed by atoms with Crippen LogP contribution in [0.4, 0.5) is 0 Å². The molecule has 127 valence electrons. The number of hydrogen-bond donors (Lipinski definition) is 0. The van der Waals surface area contributed by atoms with Gasteiger partial charge in [-0.25, -0.2) is 0 Å². The molecule has 0 N–H and O–H groups in total. The van der Waals surface area contributed by atoms with E-state index in [1.54, 1.807) is 0 Å². The van der Waals surface area contributed by atoms with Gasteiger partial charge in [-0.15, -0.1) is 35.9 Å². The van der Waals surface area contributed by atoms with E-state index in [9.17, 15) is 0 Å². The average molecular weight is 496 g/mol. The van der Waals surface area contributed by atoms with Crippen molar-refractivity contribution in [2.45, 2.75) is 40.0 Å². The van der Waals surface area contributed by atoms with E-state index >= 15 is 0 Å². The van der Waals surface area contributed by atoms with Crippen molar-refractivity contribution in [3.05, 3.63) is 71.5 Å². The molecule has 0 amide bonds. The van der Waals surface area contributed by atoms with Gasteiger partial charge in [-0.1, -0.05) is 38.5 Å². The Kier molecular flexibility index (Phi) is 5.47. The van der Waals surface area contributed by atoms with E-state index in [4.69, 9.17) is 0 Å². The molecule has 0 fully saturated rings. The molecular weight excluding hydrogens is 472 g/mol. The molecule has 0 aliphatic carbocycles. The Morgan fingerprint density at radius 2 is 1.83 bits per heavy atom. The van der Waals surface area contributed by atoms with Crippen LogP contribution in [0.25, 0.3) is 17.1 Å². The van der Waals surface area contributed by atoms with E-state index in [0.717, 1.165) is 11.4 Å². The fourth-order valence-corrected chi connectivity index (χ4v) is 3.07. The van der Waals surface area contributed by atoms with Crippen LogP contribution in [-0.4, -0.2) is 9.55 Å². The first-order valence-corrected chi connectivity index (χ1v) is 8.00. The minimum Gasteiger partial charge on any atom is -0.340 e. The second kappa shape index (κ2) is 7.04. The molecule has 0 bridgehead atoms. The maximum absolute atomic E-state index is 4.58. The zero-order chi connectivity index (χ0) is 16.6. The molecule has 2 aromatic carbocycles. The molecule has 1 radical (unpaired) electrons. The van der Waals surface area contributed by atoms with Gasteiger partial charge in [-0.3, -0.25) is 4.98 Å². The van der Waals surface area contributed by atoms with Crippen LogP contribution in [0, 0.1) is 19.9 Å². The van der Waals surface area contributed by atoms with Crippen molar-refractivity contribution in [2.24, 2.45) is 0 Å². The Morgan fingerprint density at radius 1 is 1.08 bits per heavy atom. The van der Waals surface area contributed by atoms with Gasteiger partial charge >= 0.3 is 0 Å². The van der Waals surface area contributed by atoms with Crippen LogP contribution in [0.5, 0.6) is 0 Å². The number of benzene rings is 2. The van der Waals surface area contributed by atoms with Crippen LogP contribution in [0.1, 0.15) is 37.5 Å². The van der Waals surface area contributed by atoms with Crippen molar-refractivity contribution in [2.75, 3.05) is 0 Å². The van der Waals surface area contributed by atoms with Crippen LogP contribution in [0.3, 0.4) is 0 Å². The van der Waals surface area contributed by atoms with Gasteiger partial charge in [-0.05, 0) is 30.4 Å². The molecule has 24 heavy (non-hydrogen) atoms. The molecule has 0 spiro atoms. The Labute approximate surface area is 158 Å². The van der Waals surface area contributed by atoms with E-state index < -0.39 is 0 Å². The van der Waals surface area contributed by atoms with Crippen molar-refractivity contribution < 1.29 is 20.1 Å². The molecule has 0 atom stereocenters. The topological polar surface area (TPSA) is 17.8 Å². The molecule has 0 saturated carbocycles. The monoisotopic (exact) mass is 496 g/mol. The maximum atomic E-state index is 4.58. The Morgan fingerprint density at radius 3 is 2.46 bits per heavy atom. The summed E-state index contributed by atoms with van der Waals surface area (Å²) in [5.74, 6) is 0.933. The normalized spacial score (nSPS) is 11.2. The second-order valence-electron chi connectivity index (χ2n) is 7.13. The number of aryl methyl sites for hydroxylation is 2. The smallest absolute Gasteiger partial charge is 0.0602 e. The fourth-order valence-electron chi connectivity index (χ4n) is 3.07. The molecule has 2 nitrogen and oxygen atoms in total. The number of imidazole rings is 1. The van der Waals surface area contributed by atoms with Crippen LogP contribution >= 0.6 is 0 Å². The van der Waals surface area contributed by atoms with Crippen LogP contribution in [0.15, 0.2) is 48.8 Å². The van der Waals surface area contributed by atoms with Gasteiger partial charge in [0, 0.05) is 38.2 Å². The van der Waals surface area contributed by atoms with Crippen LogP contribution < -0.4 is 0 Å². The zero-order valence-corrected chi connectivity index (χ0v) is 17.2. The van der Waals surface area contributed by atoms with Crippen molar-refractivity contribution in [3.8, 4) is 17.1 Å². The van der Waals surface area contributed by atoms with Gasteiger partial charge < -0.3 is 4.57 Å². The van der Waals surface area contributed by atoms with Crippen molar-refractivity contribution >= 4 is 0 Å². The molecule has 0 aliphatic rings. The van der Waals surface area contributed by atoms with Crippen LogP contribution in [-0.2, 0) is 25.5 Å². The summed E-state index contributed by atoms with van der Waals surface area (Å²) in [6.07, 6.45) is 3.91. The second-order valence-corrected chi connectivity index (χ2v) is 7.13. The molecule has 0 aliphatic heterocycles. The first kappa shape index (κ1) is 18.6. The molecule has 1 aromatic heterocycles. The predicted octanol–water partition coefficient (Wildman–Crippen LogP) is 5.25. The van der Waals surface area contributed by atoms with Crippen molar-refractivity contribution in [1.82, 2.24) is 9.55 Å². The minimum atomic E-state index is 0. The van der Waals surface area contributed by atoms with Gasteiger partial charge in [-0.2, -0.15) is 0 Å². The quantitative estimate of drug-likeness (QED) is 0.444.